The van der Waals surface area contributed by atoms with Gasteiger partial charge in [-0.1, -0.05) is 0 Å². The summed E-state index contributed by atoms with van der Waals surface area (Å²) in [5.74, 6) is -1.30. The fourth-order valence-electron chi connectivity index (χ4n) is 4.16. The smallest absolute Gasteiger partial charge is 0.349 e. The number of hydrogen-bond acceptors (Lipinski definition) is 11. The summed E-state index contributed by atoms with van der Waals surface area (Å²) in [6, 6.07) is 2.27. The molecule has 0 saturated carbocycles. The van der Waals surface area contributed by atoms with Crippen LogP contribution in [0.3, 0.4) is 0 Å². The zero-order chi connectivity index (χ0) is 27.7. The zero-order valence-electron chi connectivity index (χ0n) is 20.2. The summed E-state index contributed by atoms with van der Waals surface area (Å²) in [6.45, 7) is 0.858. The van der Waals surface area contributed by atoms with Crippen LogP contribution in [-0.4, -0.2) is 91.5 Å². The topological polar surface area (TPSA) is 243 Å². The highest BCUT2D eigenvalue weighted by Gasteiger charge is 2.28. The van der Waals surface area contributed by atoms with E-state index in [1.807, 2.05) is 11.9 Å². The van der Waals surface area contributed by atoms with E-state index in [2.05, 4.69) is 15.0 Å². The molecule has 0 aliphatic carbocycles. The van der Waals surface area contributed by atoms with Crippen LogP contribution in [0.2, 0.25) is 0 Å². The molecule has 3 heterocycles. The van der Waals surface area contributed by atoms with Crippen LogP contribution in [0.4, 0.5) is 0 Å². The second-order valence-corrected chi connectivity index (χ2v) is 9.00. The third-order valence-electron chi connectivity index (χ3n) is 6.30. The summed E-state index contributed by atoms with van der Waals surface area (Å²) in [7, 11) is 0. The molecule has 1 aromatic heterocycles. The van der Waals surface area contributed by atoms with Gasteiger partial charge in [0.15, 0.2) is 11.5 Å². The van der Waals surface area contributed by atoms with Crippen molar-refractivity contribution in [2.75, 3.05) is 6.61 Å². The molecule has 0 bridgehead atoms. The molecule has 4 atom stereocenters. The number of aliphatic hydroxyl groups is 4. The van der Waals surface area contributed by atoms with Gasteiger partial charge in [0.1, 0.15) is 24.4 Å². The van der Waals surface area contributed by atoms with Crippen molar-refractivity contribution in [3.63, 3.8) is 0 Å². The number of aliphatic carboxylic acids is 1. The number of aromatic amines is 1. The third kappa shape index (κ3) is 5.32. The van der Waals surface area contributed by atoms with E-state index in [0.29, 0.717) is 16.7 Å². The van der Waals surface area contributed by atoms with E-state index in [1.165, 1.54) is 17.1 Å². The lowest BCUT2D eigenvalue weighted by Crippen LogP contribution is -2.42. The van der Waals surface area contributed by atoms with E-state index >= 15 is 0 Å². The number of aromatic nitrogens is 6. The summed E-state index contributed by atoms with van der Waals surface area (Å²) in [4.78, 5) is 50.1. The van der Waals surface area contributed by atoms with Gasteiger partial charge < -0.3 is 40.4 Å². The number of H-pyrrole nitrogens is 1. The Kier molecular flexibility index (Phi) is 7.66. The number of hydrogen-bond donors (Lipinski definition) is 7. The lowest BCUT2D eigenvalue weighted by atomic mass is 10.0. The Balaban J connectivity index is 1.85. The number of nitrogens with zero attached hydrogens (tertiary/aromatic N) is 5. The maximum atomic E-state index is 12.5. The number of carbonyl (C=O) groups is 1. The number of nitrogens with one attached hydrogen (secondary N) is 1. The van der Waals surface area contributed by atoms with Crippen LogP contribution in [0.15, 0.2) is 34.2 Å². The average Bonchev–Trinajstić information content (AvgIpc) is 3.30. The quantitative estimate of drug-likeness (QED) is 0.103. The second-order valence-electron chi connectivity index (χ2n) is 9.00. The van der Waals surface area contributed by atoms with E-state index < -0.39 is 54.7 Å². The Morgan fingerprint density at radius 2 is 1.89 bits per heavy atom. The molecule has 38 heavy (non-hydrogen) atoms. The third-order valence-corrected chi connectivity index (χ3v) is 6.30. The van der Waals surface area contributed by atoms with Crippen molar-refractivity contribution < 1.29 is 30.3 Å². The first-order valence-corrected chi connectivity index (χ1v) is 11.6. The average molecular weight is 530 g/mol. The van der Waals surface area contributed by atoms with E-state index in [1.54, 1.807) is 16.7 Å². The van der Waals surface area contributed by atoms with Gasteiger partial charge in [-0.25, -0.2) is 14.8 Å². The van der Waals surface area contributed by atoms with Gasteiger partial charge in [-0.05, 0) is 30.2 Å². The van der Waals surface area contributed by atoms with Crippen molar-refractivity contribution in [3.8, 4) is 11.5 Å². The number of fused-ring (bicyclic) bond motifs is 2. The van der Waals surface area contributed by atoms with Crippen molar-refractivity contribution in [3.05, 3.63) is 62.3 Å². The van der Waals surface area contributed by atoms with Gasteiger partial charge >= 0.3 is 11.7 Å². The van der Waals surface area contributed by atoms with Crippen LogP contribution in [0, 0.1) is 6.92 Å². The van der Waals surface area contributed by atoms with Crippen LogP contribution >= 0.6 is 0 Å². The Hall–Kier alpha value is -4.02. The fourth-order valence-corrected chi connectivity index (χ4v) is 4.16. The molecule has 0 spiro atoms. The first kappa shape index (κ1) is 27.0. The highest BCUT2D eigenvalue weighted by molar-refractivity contribution is 5.81. The number of rotatable bonds is 10. The van der Waals surface area contributed by atoms with Crippen LogP contribution in [0.1, 0.15) is 16.8 Å². The van der Waals surface area contributed by atoms with E-state index in [9.17, 15) is 29.7 Å². The second kappa shape index (κ2) is 10.8. The standard InChI is InChI=1S/C23H27N7O8/c1-10-2-14-15(3-11(10)6-29-9-25-5-12(29)4-13(24)22(36)37)30(7-16(32)19(34)17(33)8-31)20-18(26-14)21(35)28-23(38)27-20/h2-3,5,9,13,16-17,19,31-34H,4,6-8,24H2,1H3,(H,36,37)(H,28,35,38)/t13-,16-,17+,19-/m0/s1. The van der Waals surface area contributed by atoms with Gasteiger partial charge in [-0.3, -0.25) is 14.6 Å². The predicted molar refractivity (Wildman–Crippen MR) is 132 cm³/mol. The van der Waals surface area contributed by atoms with Crippen molar-refractivity contribution >= 4 is 17.0 Å². The molecule has 1 aromatic carbocycles. The van der Waals surface area contributed by atoms with E-state index in [-0.39, 0.29) is 24.5 Å². The molecular weight excluding hydrogens is 502 g/mol. The minimum atomic E-state index is -1.74. The van der Waals surface area contributed by atoms with Crippen molar-refractivity contribution in [1.29, 1.82) is 0 Å². The lowest BCUT2D eigenvalue weighted by molar-refractivity contribution is -0.138. The zero-order valence-corrected chi connectivity index (χ0v) is 20.2. The molecule has 2 aliphatic rings. The van der Waals surface area contributed by atoms with Gasteiger partial charge in [0.05, 0.1) is 30.5 Å². The van der Waals surface area contributed by atoms with Gasteiger partial charge in [0.25, 0.3) is 5.56 Å². The first-order valence-electron chi connectivity index (χ1n) is 11.6. The maximum Gasteiger partial charge on any atom is 0.349 e. The molecule has 2 aliphatic heterocycles. The molecule has 0 fully saturated rings. The van der Waals surface area contributed by atoms with Gasteiger partial charge in [-0.15, -0.1) is 0 Å². The fraction of sp³-hybridized carbons (Fsp3) is 0.391. The molecular formula is C23H27N7O8. The SMILES string of the molecule is Cc1cc2nc3c(=O)[nH]c(=O)nc-3n(C[C@H](O)[C@H](O)[C@H](O)CO)c2cc1Cn1cncc1C[C@H](N)C(=O)O. The van der Waals surface area contributed by atoms with Crippen LogP contribution < -0.4 is 17.0 Å². The summed E-state index contributed by atoms with van der Waals surface area (Å²) in [6.07, 6.45) is -1.90. The highest BCUT2D eigenvalue weighted by atomic mass is 16.4. The normalized spacial score (nSPS) is 15.0. The molecule has 15 nitrogen and oxygen atoms in total. The predicted octanol–water partition coefficient (Wildman–Crippen LogP) is -2.83. The molecule has 0 radical (unpaired) electrons. The van der Waals surface area contributed by atoms with Gasteiger partial charge in [0.2, 0.25) is 0 Å². The number of benzene rings is 1. The van der Waals surface area contributed by atoms with Crippen LogP contribution in [0.5, 0.6) is 0 Å². The van der Waals surface area contributed by atoms with E-state index in [0.717, 1.165) is 11.1 Å². The largest absolute Gasteiger partial charge is 0.480 e. The number of carboxylic acid groups (broad SMARTS) is 1. The number of carboxylic acids is 1. The number of aliphatic hydroxyl groups excluding tert-OH is 4. The summed E-state index contributed by atoms with van der Waals surface area (Å²) in [5.41, 5.74) is 6.54. The maximum absolute atomic E-state index is 12.5. The highest BCUT2D eigenvalue weighted by Crippen LogP contribution is 2.26. The number of aryl methyl sites for hydroxylation is 1. The molecule has 8 N–H and O–H groups in total. The summed E-state index contributed by atoms with van der Waals surface area (Å²) in [5, 5.41) is 48.9. The van der Waals surface area contributed by atoms with Crippen LogP contribution in [0.25, 0.3) is 22.6 Å². The Morgan fingerprint density at radius 3 is 2.58 bits per heavy atom. The molecule has 2 aromatic rings. The minimum absolute atomic E-state index is 0.0460. The number of nitrogens with two attached hydrogens (primary N) is 1. The van der Waals surface area contributed by atoms with Crippen molar-refractivity contribution in [1.82, 2.24) is 29.1 Å². The molecule has 202 valence electrons. The summed E-state index contributed by atoms with van der Waals surface area (Å²) >= 11 is 0. The molecule has 0 unspecified atom stereocenters. The molecule has 0 amide bonds. The number of imidazole rings is 1. The van der Waals surface area contributed by atoms with Crippen molar-refractivity contribution in [2.24, 2.45) is 5.73 Å². The first-order chi connectivity index (χ1) is 18.0. The Bertz CT molecular complexity index is 1560. The monoisotopic (exact) mass is 529 g/mol. The van der Waals surface area contributed by atoms with Crippen molar-refractivity contribution in [2.45, 2.75) is 50.8 Å². The van der Waals surface area contributed by atoms with Crippen LogP contribution in [-0.2, 0) is 24.3 Å². The van der Waals surface area contributed by atoms with E-state index in [4.69, 9.17) is 15.9 Å². The van der Waals surface area contributed by atoms with Gasteiger partial charge in [-0.2, -0.15) is 4.98 Å². The van der Waals surface area contributed by atoms with Gasteiger partial charge in [0, 0.05) is 24.9 Å². The lowest BCUT2D eigenvalue weighted by Gasteiger charge is -2.25. The Labute approximate surface area is 213 Å². The molecule has 4 rings (SSSR count). The minimum Gasteiger partial charge on any atom is -0.480 e. The molecule has 0 saturated heterocycles. The Morgan fingerprint density at radius 1 is 1.16 bits per heavy atom. The molecule has 15 heteroatoms. The summed E-state index contributed by atoms with van der Waals surface area (Å²) < 4.78 is 3.06.